The van der Waals surface area contributed by atoms with Gasteiger partial charge in [0.2, 0.25) is 6.10 Å². The van der Waals surface area contributed by atoms with Gasteiger partial charge in [-0.3, -0.25) is 4.79 Å². The van der Waals surface area contributed by atoms with E-state index >= 15 is 0 Å². The third-order valence-corrected chi connectivity index (χ3v) is 3.71. The molecule has 1 aliphatic rings. The van der Waals surface area contributed by atoms with Crippen LogP contribution in [0.5, 0.6) is 0 Å². The number of aliphatic hydroxyl groups excluding tert-OH is 1. The number of rotatable bonds is 3. The Hall–Kier alpha value is -0.820. The molecule has 1 N–H and O–H groups in total. The standard InChI is InChI=1S/C12H21F3N2O2/c1-8(2)16(3)9-4-6-17(7-5-9)11(19)10(18)12(13,14)15/h8-10,18H,4-7H2,1-3H3. The highest BCUT2D eigenvalue weighted by atomic mass is 19.4. The summed E-state index contributed by atoms with van der Waals surface area (Å²) in [6.45, 7) is 4.61. The Morgan fingerprint density at radius 1 is 1.32 bits per heavy atom. The fraction of sp³-hybridized carbons (Fsp3) is 0.917. The highest BCUT2D eigenvalue weighted by Crippen LogP contribution is 2.24. The van der Waals surface area contributed by atoms with Gasteiger partial charge in [-0.15, -0.1) is 0 Å². The van der Waals surface area contributed by atoms with Gasteiger partial charge in [0, 0.05) is 25.2 Å². The molecule has 0 aromatic carbocycles. The van der Waals surface area contributed by atoms with E-state index in [2.05, 4.69) is 4.90 Å². The van der Waals surface area contributed by atoms with Crippen molar-refractivity contribution in [3.8, 4) is 0 Å². The van der Waals surface area contributed by atoms with Gasteiger partial charge in [0.25, 0.3) is 5.91 Å². The van der Waals surface area contributed by atoms with E-state index in [1.54, 1.807) is 0 Å². The molecule has 1 heterocycles. The molecule has 7 heteroatoms. The Balaban J connectivity index is 2.52. The Morgan fingerprint density at radius 2 is 1.79 bits per heavy atom. The summed E-state index contributed by atoms with van der Waals surface area (Å²) >= 11 is 0. The second kappa shape index (κ2) is 6.09. The summed E-state index contributed by atoms with van der Waals surface area (Å²) in [6, 6.07) is 0.625. The number of aliphatic hydroxyl groups is 1. The number of alkyl halides is 3. The Kier molecular flexibility index (Phi) is 5.20. The summed E-state index contributed by atoms with van der Waals surface area (Å²) in [5, 5.41) is 8.94. The molecular formula is C12H21F3N2O2. The molecule has 4 nitrogen and oxygen atoms in total. The molecule has 19 heavy (non-hydrogen) atoms. The van der Waals surface area contributed by atoms with Crippen LogP contribution in [0.4, 0.5) is 13.2 Å². The van der Waals surface area contributed by atoms with Crippen molar-refractivity contribution >= 4 is 5.91 Å². The number of piperidine rings is 1. The van der Waals surface area contributed by atoms with Crippen LogP contribution in [0, 0.1) is 0 Å². The lowest BCUT2D eigenvalue weighted by Gasteiger charge is -2.39. The molecule has 0 aromatic heterocycles. The smallest absolute Gasteiger partial charge is 0.376 e. The quantitative estimate of drug-likeness (QED) is 0.847. The lowest BCUT2D eigenvalue weighted by molar-refractivity contribution is -0.211. The monoisotopic (exact) mass is 282 g/mol. The van der Waals surface area contributed by atoms with Gasteiger partial charge in [-0.2, -0.15) is 13.2 Å². The minimum atomic E-state index is -4.89. The van der Waals surface area contributed by atoms with Crippen molar-refractivity contribution in [3.63, 3.8) is 0 Å². The van der Waals surface area contributed by atoms with Crippen LogP contribution in [0.15, 0.2) is 0 Å². The average molecular weight is 282 g/mol. The van der Waals surface area contributed by atoms with Crippen LogP contribution in [-0.4, -0.2) is 65.3 Å². The van der Waals surface area contributed by atoms with Crippen LogP contribution in [0.2, 0.25) is 0 Å². The van der Waals surface area contributed by atoms with E-state index in [1.807, 2.05) is 20.9 Å². The van der Waals surface area contributed by atoms with Crippen molar-refractivity contribution in [1.29, 1.82) is 0 Å². The number of hydrogen-bond acceptors (Lipinski definition) is 3. The van der Waals surface area contributed by atoms with Crippen LogP contribution < -0.4 is 0 Å². The molecule has 1 unspecified atom stereocenters. The topological polar surface area (TPSA) is 43.8 Å². The van der Waals surface area contributed by atoms with Crippen LogP contribution >= 0.6 is 0 Å². The van der Waals surface area contributed by atoms with E-state index < -0.39 is 18.2 Å². The summed E-state index contributed by atoms with van der Waals surface area (Å²) in [7, 11) is 1.97. The SMILES string of the molecule is CC(C)N(C)C1CCN(C(=O)C(O)C(F)(F)F)CC1. The van der Waals surface area contributed by atoms with Crippen molar-refractivity contribution in [2.24, 2.45) is 0 Å². The number of hydrogen-bond donors (Lipinski definition) is 1. The average Bonchev–Trinajstić information content (AvgIpc) is 2.35. The van der Waals surface area contributed by atoms with E-state index in [0.717, 1.165) is 4.90 Å². The first-order valence-electron chi connectivity index (χ1n) is 6.40. The Labute approximate surface area is 111 Å². The molecule has 1 aliphatic heterocycles. The van der Waals surface area contributed by atoms with E-state index in [-0.39, 0.29) is 19.1 Å². The van der Waals surface area contributed by atoms with Crippen molar-refractivity contribution in [2.45, 2.75) is 51.1 Å². The molecule has 1 atom stereocenters. The van der Waals surface area contributed by atoms with Gasteiger partial charge < -0.3 is 14.9 Å². The zero-order valence-corrected chi connectivity index (χ0v) is 11.4. The zero-order chi connectivity index (χ0) is 14.8. The fourth-order valence-corrected chi connectivity index (χ4v) is 2.23. The fourth-order valence-electron chi connectivity index (χ4n) is 2.23. The van der Waals surface area contributed by atoms with Gasteiger partial charge in [0.15, 0.2) is 0 Å². The van der Waals surface area contributed by atoms with Gasteiger partial charge in [-0.25, -0.2) is 0 Å². The van der Waals surface area contributed by atoms with Crippen molar-refractivity contribution in [1.82, 2.24) is 9.80 Å². The third kappa shape index (κ3) is 4.07. The predicted molar refractivity (Wildman–Crippen MR) is 64.6 cm³/mol. The maximum absolute atomic E-state index is 12.3. The van der Waals surface area contributed by atoms with Gasteiger partial charge in [0.1, 0.15) is 0 Å². The van der Waals surface area contributed by atoms with Gasteiger partial charge >= 0.3 is 6.18 Å². The molecule has 0 saturated carbocycles. The van der Waals surface area contributed by atoms with Crippen LogP contribution in [-0.2, 0) is 4.79 Å². The summed E-state index contributed by atoms with van der Waals surface area (Å²) in [5.74, 6) is -1.24. The second-order valence-electron chi connectivity index (χ2n) is 5.26. The summed E-state index contributed by atoms with van der Waals surface area (Å²) < 4.78 is 36.8. The summed E-state index contributed by atoms with van der Waals surface area (Å²) in [6.07, 6.45) is -6.52. The molecule has 0 aromatic rings. The van der Waals surface area contributed by atoms with Crippen LogP contribution in [0.3, 0.4) is 0 Å². The summed E-state index contributed by atoms with van der Waals surface area (Å²) in [5.41, 5.74) is 0. The number of halogens is 3. The van der Waals surface area contributed by atoms with Gasteiger partial charge in [-0.1, -0.05) is 0 Å². The number of amides is 1. The largest absolute Gasteiger partial charge is 0.423 e. The van der Waals surface area contributed by atoms with Crippen molar-refractivity contribution in [2.75, 3.05) is 20.1 Å². The number of likely N-dealkylation sites (tertiary alicyclic amines) is 1. The van der Waals surface area contributed by atoms with E-state index in [1.165, 1.54) is 0 Å². The van der Waals surface area contributed by atoms with E-state index in [0.29, 0.717) is 18.9 Å². The zero-order valence-electron chi connectivity index (χ0n) is 11.4. The molecule has 0 spiro atoms. The molecular weight excluding hydrogens is 261 g/mol. The molecule has 1 saturated heterocycles. The first kappa shape index (κ1) is 16.2. The highest BCUT2D eigenvalue weighted by molar-refractivity contribution is 5.81. The van der Waals surface area contributed by atoms with Crippen molar-refractivity contribution < 1.29 is 23.1 Å². The maximum Gasteiger partial charge on any atom is 0.423 e. The van der Waals surface area contributed by atoms with Crippen molar-refractivity contribution in [3.05, 3.63) is 0 Å². The molecule has 0 bridgehead atoms. The molecule has 1 rings (SSSR count). The second-order valence-corrected chi connectivity index (χ2v) is 5.26. The lowest BCUT2D eigenvalue weighted by Crippen LogP contribution is -2.52. The summed E-state index contributed by atoms with van der Waals surface area (Å²) in [4.78, 5) is 14.8. The van der Waals surface area contributed by atoms with Crippen LogP contribution in [0.25, 0.3) is 0 Å². The molecule has 112 valence electrons. The number of carbonyl (C=O) groups is 1. The first-order valence-corrected chi connectivity index (χ1v) is 6.40. The minimum Gasteiger partial charge on any atom is -0.376 e. The van der Waals surface area contributed by atoms with E-state index in [9.17, 15) is 18.0 Å². The Bertz CT molecular complexity index is 313. The normalized spacial score (nSPS) is 20.2. The van der Waals surface area contributed by atoms with Gasteiger partial charge in [0.05, 0.1) is 0 Å². The lowest BCUT2D eigenvalue weighted by atomic mass is 10.0. The third-order valence-electron chi connectivity index (χ3n) is 3.71. The maximum atomic E-state index is 12.3. The van der Waals surface area contributed by atoms with E-state index in [4.69, 9.17) is 5.11 Å². The number of nitrogens with zero attached hydrogens (tertiary/aromatic N) is 2. The highest BCUT2D eigenvalue weighted by Gasteiger charge is 2.45. The molecule has 1 fully saturated rings. The first-order chi connectivity index (χ1) is 8.64. The predicted octanol–water partition coefficient (Wildman–Crippen LogP) is 1.24. The Morgan fingerprint density at radius 3 is 2.16 bits per heavy atom. The number of carbonyl (C=O) groups excluding carboxylic acids is 1. The minimum absolute atomic E-state index is 0.258. The van der Waals surface area contributed by atoms with Crippen LogP contribution in [0.1, 0.15) is 26.7 Å². The van der Waals surface area contributed by atoms with Gasteiger partial charge in [-0.05, 0) is 33.7 Å². The molecule has 1 amide bonds. The molecule has 0 radical (unpaired) electrons. The molecule has 0 aliphatic carbocycles.